The fourth-order valence-corrected chi connectivity index (χ4v) is 7.15. The van der Waals surface area contributed by atoms with Gasteiger partial charge in [0.2, 0.25) is 5.91 Å². The first-order valence-electron chi connectivity index (χ1n) is 14.4. The Morgan fingerprint density at radius 1 is 1.03 bits per heavy atom. The number of fused-ring (bicyclic) bond motifs is 5. The molecule has 0 spiro atoms. The number of aromatic nitrogens is 1. The van der Waals surface area contributed by atoms with Crippen LogP contribution in [-0.4, -0.2) is 59.9 Å². The lowest BCUT2D eigenvalue weighted by Gasteiger charge is -2.33. The Bertz CT molecular complexity index is 1400. The number of nitrogens with zero attached hydrogens (tertiary/aromatic N) is 2. The number of ether oxygens (including phenoxy) is 2. The van der Waals surface area contributed by atoms with Crippen molar-refractivity contribution in [3.05, 3.63) is 53.1 Å². The number of benzene rings is 2. The van der Waals surface area contributed by atoms with Gasteiger partial charge in [-0.3, -0.25) is 4.79 Å². The second-order valence-corrected chi connectivity index (χ2v) is 11.5. The number of hydrogen-bond acceptors (Lipinski definition) is 4. The van der Waals surface area contributed by atoms with E-state index in [0.29, 0.717) is 32.1 Å². The second-order valence-electron chi connectivity index (χ2n) is 11.5. The van der Waals surface area contributed by atoms with Crippen molar-refractivity contribution in [2.24, 2.45) is 5.92 Å². The topological polar surface area (TPSA) is 81.0 Å². The molecule has 7 heteroatoms. The molecule has 7 nitrogen and oxygen atoms in total. The van der Waals surface area contributed by atoms with Gasteiger partial charge in [-0.15, -0.1) is 0 Å². The molecule has 1 saturated carbocycles. The number of carboxylic acid groups (broad SMARTS) is 1. The zero-order valence-corrected chi connectivity index (χ0v) is 22.9. The van der Waals surface area contributed by atoms with E-state index in [-0.39, 0.29) is 23.4 Å². The minimum Gasteiger partial charge on any atom is -0.497 e. The molecule has 2 fully saturated rings. The number of carbonyl (C=O) groups is 2. The summed E-state index contributed by atoms with van der Waals surface area (Å²) in [6.07, 6.45) is 8.25. The van der Waals surface area contributed by atoms with Gasteiger partial charge in [-0.2, -0.15) is 0 Å². The zero-order chi connectivity index (χ0) is 27.1. The average molecular weight is 531 g/mol. The Hall–Kier alpha value is -3.32. The lowest BCUT2D eigenvalue weighted by molar-refractivity contribution is -0.138. The predicted molar refractivity (Wildman–Crippen MR) is 151 cm³/mol. The van der Waals surface area contributed by atoms with Crippen molar-refractivity contribution in [1.29, 1.82) is 0 Å². The van der Waals surface area contributed by atoms with E-state index in [4.69, 9.17) is 9.47 Å². The Morgan fingerprint density at radius 2 is 1.79 bits per heavy atom. The molecule has 0 bridgehead atoms. The number of aromatic carboxylic acids is 1. The highest BCUT2D eigenvalue weighted by Crippen LogP contribution is 2.47. The van der Waals surface area contributed by atoms with Crippen LogP contribution in [0.5, 0.6) is 5.75 Å². The van der Waals surface area contributed by atoms with E-state index in [1.807, 2.05) is 30.1 Å². The van der Waals surface area contributed by atoms with E-state index in [0.717, 1.165) is 59.2 Å². The monoisotopic (exact) mass is 530 g/mol. The summed E-state index contributed by atoms with van der Waals surface area (Å²) >= 11 is 0. The molecule has 2 aliphatic heterocycles. The third-order valence-electron chi connectivity index (χ3n) is 9.24. The standard InChI is InChI=1S/C32H38N2O5/c1-33(24-12-14-39-15-13-24)31(35)23-16-22-17-25(38-2)9-11-26(22)30-29(20-6-4-3-5-7-20)27-10-8-21(32(36)37)18-28(27)34(30)19-23/h8-11,17-18,20,23-24H,3-7,12-16,19H2,1-2H3,(H,36,37). The molecule has 206 valence electrons. The van der Waals surface area contributed by atoms with Crippen LogP contribution >= 0.6 is 0 Å². The molecule has 3 aromatic rings. The highest BCUT2D eigenvalue weighted by molar-refractivity contribution is 5.99. The molecule has 6 rings (SSSR count). The molecule has 1 N–H and O–H groups in total. The average Bonchev–Trinajstić information content (AvgIpc) is 3.19. The van der Waals surface area contributed by atoms with Gasteiger partial charge in [-0.25, -0.2) is 4.79 Å². The van der Waals surface area contributed by atoms with Gasteiger partial charge in [-0.1, -0.05) is 25.3 Å². The summed E-state index contributed by atoms with van der Waals surface area (Å²) in [4.78, 5) is 28.0. The Kier molecular flexibility index (Phi) is 7.10. The molecule has 1 aromatic heterocycles. The van der Waals surface area contributed by atoms with Crippen molar-refractivity contribution in [1.82, 2.24) is 9.47 Å². The van der Waals surface area contributed by atoms with Crippen molar-refractivity contribution in [2.75, 3.05) is 27.4 Å². The van der Waals surface area contributed by atoms with Crippen LogP contribution in [0.25, 0.3) is 22.2 Å². The van der Waals surface area contributed by atoms with Crippen LogP contribution in [0, 0.1) is 5.92 Å². The van der Waals surface area contributed by atoms with Gasteiger partial charge in [0, 0.05) is 49.3 Å². The van der Waals surface area contributed by atoms with E-state index in [1.54, 1.807) is 13.2 Å². The summed E-state index contributed by atoms with van der Waals surface area (Å²) in [5.41, 5.74) is 5.92. The summed E-state index contributed by atoms with van der Waals surface area (Å²) < 4.78 is 13.4. The van der Waals surface area contributed by atoms with E-state index in [9.17, 15) is 14.7 Å². The summed E-state index contributed by atoms with van der Waals surface area (Å²) in [7, 11) is 3.61. The van der Waals surface area contributed by atoms with Crippen molar-refractivity contribution >= 4 is 22.8 Å². The number of methoxy groups -OCH3 is 1. The molecule has 3 heterocycles. The van der Waals surface area contributed by atoms with Gasteiger partial charge in [0.05, 0.1) is 24.3 Å². The Labute approximate surface area is 229 Å². The van der Waals surface area contributed by atoms with Crippen molar-refractivity contribution in [3.63, 3.8) is 0 Å². The van der Waals surface area contributed by atoms with Gasteiger partial charge < -0.3 is 24.0 Å². The highest BCUT2D eigenvalue weighted by atomic mass is 16.5. The van der Waals surface area contributed by atoms with Gasteiger partial charge in [-0.05, 0) is 79.5 Å². The minimum atomic E-state index is -0.933. The lowest BCUT2D eigenvalue weighted by Crippen LogP contribution is -2.44. The van der Waals surface area contributed by atoms with E-state index in [1.165, 1.54) is 24.8 Å². The van der Waals surface area contributed by atoms with Gasteiger partial charge in [0.1, 0.15) is 5.75 Å². The normalized spacial score (nSPS) is 20.2. The van der Waals surface area contributed by atoms with Crippen molar-refractivity contribution in [2.45, 2.75) is 69.9 Å². The van der Waals surface area contributed by atoms with Crippen molar-refractivity contribution < 1.29 is 24.2 Å². The fraction of sp³-hybridized carbons (Fsp3) is 0.500. The van der Waals surface area contributed by atoms with Crippen LogP contribution in [-0.2, 0) is 22.5 Å². The maximum Gasteiger partial charge on any atom is 0.335 e. The van der Waals surface area contributed by atoms with Gasteiger partial charge in [0.15, 0.2) is 0 Å². The fourth-order valence-electron chi connectivity index (χ4n) is 7.15. The van der Waals surface area contributed by atoms with Crippen LogP contribution in [0.4, 0.5) is 0 Å². The molecule has 1 saturated heterocycles. The summed E-state index contributed by atoms with van der Waals surface area (Å²) in [5, 5.41) is 11.0. The number of hydrogen-bond donors (Lipinski definition) is 1. The molecule has 1 atom stereocenters. The first kappa shape index (κ1) is 25.9. The SMILES string of the molecule is COc1ccc2c(c1)CC(C(=O)N(C)C1CCOCC1)Cn1c-2c(C2CCCCC2)c2ccc(C(=O)O)cc21. The largest absolute Gasteiger partial charge is 0.497 e. The first-order valence-corrected chi connectivity index (χ1v) is 14.4. The molecular formula is C32H38N2O5. The smallest absolute Gasteiger partial charge is 0.335 e. The van der Waals surface area contributed by atoms with Gasteiger partial charge in [0.25, 0.3) is 0 Å². The summed E-state index contributed by atoms with van der Waals surface area (Å²) in [5.74, 6) is 0.138. The lowest BCUT2D eigenvalue weighted by atomic mass is 9.81. The molecule has 0 radical (unpaired) electrons. The molecule has 1 aliphatic carbocycles. The van der Waals surface area contributed by atoms with E-state index < -0.39 is 5.97 Å². The van der Waals surface area contributed by atoms with Crippen LogP contribution in [0.2, 0.25) is 0 Å². The predicted octanol–water partition coefficient (Wildman–Crippen LogP) is 5.87. The quantitative estimate of drug-likeness (QED) is 0.446. The van der Waals surface area contributed by atoms with Crippen LogP contribution in [0.15, 0.2) is 36.4 Å². The van der Waals surface area contributed by atoms with Gasteiger partial charge >= 0.3 is 5.97 Å². The maximum absolute atomic E-state index is 14.1. The van der Waals surface area contributed by atoms with Crippen molar-refractivity contribution in [3.8, 4) is 17.0 Å². The third kappa shape index (κ3) is 4.71. The molecule has 1 unspecified atom stereocenters. The highest BCUT2D eigenvalue weighted by Gasteiger charge is 2.35. The molecule has 39 heavy (non-hydrogen) atoms. The van der Waals surface area contributed by atoms with Crippen LogP contribution in [0.3, 0.4) is 0 Å². The third-order valence-corrected chi connectivity index (χ3v) is 9.24. The molecule has 1 amide bonds. The summed E-state index contributed by atoms with van der Waals surface area (Å²) in [6, 6.07) is 11.9. The van der Waals surface area contributed by atoms with E-state index in [2.05, 4.69) is 16.7 Å². The van der Waals surface area contributed by atoms with E-state index >= 15 is 0 Å². The Morgan fingerprint density at radius 3 is 2.51 bits per heavy atom. The number of amides is 1. The first-order chi connectivity index (χ1) is 19.0. The molecular weight excluding hydrogens is 492 g/mol. The summed E-state index contributed by atoms with van der Waals surface area (Å²) in [6.45, 7) is 1.88. The van der Waals surface area contributed by atoms with Crippen LogP contribution < -0.4 is 4.74 Å². The molecule has 3 aliphatic rings. The number of rotatable bonds is 5. The molecule has 2 aromatic carbocycles. The number of carboxylic acids is 1. The number of carbonyl (C=O) groups excluding carboxylic acids is 1. The Balaban J connectivity index is 1.54. The zero-order valence-electron chi connectivity index (χ0n) is 22.9. The maximum atomic E-state index is 14.1. The van der Waals surface area contributed by atoms with Crippen LogP contribution in [0.1, 0.15) is 72.3 Å². The minimum absolute atomic E-state index is 0.138. The second kappa shape index (κ2) is 10.7.